The van der Waals surface area contributed by atoms with Gasteiger partial charge in [0.25, 0.3) is 0 Å². The molecule has 0 bridgehead atoms. The molecule has 0 fully saturated rings. The predicted octanol–water partition coefficient (Wildman–Crippen LogP) is 7.63. The quantitative estimate of drug-likeness (QED) is 0.451. The zero-order valence-corrected chi connectivity index (χ0v) is 18.6. The number of pyridine rings is 1. The highest BCUT2D eigenvalue weighted by Crippen LogP contribution is 2.44. The molecule has 0 aliphatic heterocycles. The van der Waals surface area contributed by atoms with E-state index in [2.05, 4.69) is 110 Å². The van der Waals surface area contributed by atoms with Gasteiger partial charge in [-0.25, -0.2) is 0 Å². The molecule has 0 atom stereocenters. The number of benzene rings is 2. The summed E-state index contributed by atoms with van der Waals surface area (Å²) in [7, 11) is 0. The zero-order chi connectivity index (χ0) is 20.7. The topological polar surface area (TPSA) is 12.9 Å². The Morgan fingerprint density at radius 1 is 0.571 bits per heavy atom. The molecule has 1 heteroatoms. The maximum absolute atomic E-state index is 5.02. The second kappa shape index (κ2) is 7.20. The van der Waals surface area contributed by atoms with Crippen LogP contribution >= 0.6 is 0 Å². The molecule has 1 nitrogen and oxygen atoms in total. The van der Waals surface area contributed by atoms with Gasteiger partial charge in [0, 0.05) is 17.2 Å². The Kier molecular flexibility index (Phi) is 5.23. The normalized spacial score (nSPS) is 12.3. The van der Waals surface area contributed by atoms with E-state index < -0.39 is 0 Å². The SMILES string of the molecule is Cc1ccc(-c2c(C(C)(C)C)cnc(C(C)(C)C)c2-c2ccc(C)cc2)cc1. The summed E-state index contributed by atoms with van der Waals surface area (Å²) >= 11 is 0. The molecule has 0 unspecified atom stereocenters. The lowest BCUT2D eigenvalue weighted by Crippen LogP contribution is -2.20. The lowest BCUT2D eigenvalue weighted by atomic mass is 9.76. The van der Waals surface area contributed by atoms with Crippen molar-refractivity contribution >= 4 is 0 Å². The third-order valence-corrected chi connectivity index (χ3v) is 5.28. The monoisotopic (exact) mass is 371 g/mol. The number of aryl methyl sites for hydroxylation is 2. The van der Waals surface area contributed by atoms with E-state index >= 15 is 0 Å². The summed E-state index contributed by atoms with van der Waals surface area (Å²) in [5.41, 5.74) is 10.0. The third kappa shape index (κ3) is 4.04. The molecule has 146 valence electrons. The minimum absolute atomic E-state index is 0.00306. The third-order valence-electron chi connectivity index (χ3n) is 5.28. The molecule has 0 aliphatic carbocycles. The van der Waals surface area contributed by atoms with Gasteiger partial charge >= 0.3 is 0 Å². The summed E-state index contributed by atoms with van der Waals surface area (Å²) in [5.74, 6) is 0. The molecule has 0 spiro atoms. The van der Waals surface area contributed by atoms with Gasteiger partial charge in [-0.05, 0) is 41.5 Å². The molecule has 0 saturated carbocycles. The van der Waals surface area contributed by atoms with E-state index in [-0.39, 0.29) is 10.8 Å². The molecule has 0 radical (unpaired) electrons. The van der Waals surface area contributed by atoms with Crippen molar-refractivity contribution in [1.82, 2.24) is 4.98 Å². The van der Waals surface area contributed by atoms with Crippen molar-refractivity contribution in [2.75, 3.05) is 0 Å². The lowest BCUT2D eigenvalue weighted by molar-refractivity contribution is 0.560. The first-order chi connectivity index (χ1) is 13.0. The first-order valence-electron chi connectivity index (χ1n) is 10.2. The Hall–Kier alpha value is -2.41. The fourth-order valence-corrected chi connectivity index (χ4v) is 3.67. The van der Waals surface area contributed by atoms with E-state index in [1.165, 1.54) is 38.9 Å². The van der Waals surface area contributed by atoms with Crippen LogP contribution in [0, 0.1) is 13.8 Å². The summed E-state index contributed by atoms with van der Waals surface area (Å²) in [5, 5.41) is 0. The van der Waals surface area contributed by atoms with Gasteiger partial charge in [0.05, 0.1) is 5.69 Å². The number of rotatable bonds is 2. The number of hydrogen-bond donors (Lipinski definition) is 0. The number of hydrogen-bond acceptors (Lipinski definition) is 1. The van der Waals surface area contributed by atoms with Crippen LogP contribution in [0.2, 0.25) is 0 Å². The molecule has 2 aromatic carbocycles. The van der Waals surface area contributed by atoms with Crippen molar-refractivity contribution in [3.63, 3.8) is 0 Å². The molecular formula is C27H33N. The fourth-order valence-electron chi connectivity index (χ4n) is 3.67. The van der Waals surface area contributed by atoms with Crippen molar-refractivity contribution in [3.05, 3.63) is 77.1 Å². The average Bonchev–Trinajstić information content (AvgIpc) is 2.60. The largest absolute Gasteiger partial charge is 0.260 e. The zero-order valence-electron chi connectivity index (χ0n) is 18.6. The summed E-state index contributed by atoms with van der Waals surface area (Å²) in [6.45, 7) is 17.9. The Bertz CT molecular complexity index is 881. The van der Waals surface area contributed by atoms with Crippen LogP contribution in [0.1, 0.15) is 63.9 Å². The second-order valence-corrected chi connectivity index (χ2v) is 10.0. The van der Waals surface area contributed by atoms with Gasteiger partial charge < -0.3 is 0 Å². The highest BCUT2D eigenvalue weighted by molar-refractivity contribution is 5.88. The average molecular weight is 372 g/mol. The molecule has 0 saturated heterocycles. The van der Waals surface area contributed by atoms with Crippen LogP contribution < -0.4 is 0 Å². The van der Waals surface area contributed by atoms with E-state index in [4.69, 9.17) is 4.98 Å². The van der Waals surface area contributed by atoms with Crippen molar-refractivity contribution in [1.29, 1.82) is 0 Å². The first kappa shape index (κ1) is 20.3. The van der Waals surface area contributed by atoms with Gasteiger partial charge in [0.1, 0.15) is 0 Å². The Labute approximate surface area is 170 Å². The van der Waals surface area contributed by atoms with Gasteiger partial charge in [-0.1, -0.05) is 101 Å². The van der Waals surface area contributed by atoms with Crippen LogP contribution in [0.15, 0.2) is 54.7 Å². The molecule has 1 heterocycles. The van der Waals surface area contributed by atoms with Gasteiger partial charge in [-0.2, -0.15) is 0 Å². The van der Waals surface area contributed by atoms with Crippen LogP contribution in [-0.2, 0) is 10.8 Å². The van der Waals surface area contributed by atoms with Crippen LogP contribution in [0.5, 0.6) is 0 Å². The highest BCUT2D eigenvalue weighted by Gasteiger charge is 2.29. The van der Waals surface area contributed by atoms with Crippen LogP contribution in [-0.4, -0.2) is 4.98 Å². The van der Waals surface area contributed by atoms with Gasteiger partial charge in [0.15, 0.2) is 0 Å². The summed E-state index contributed by atoms with van der Waals surface area (Å²) < 4.78 is 0. The minimum atomic E-state index is -0.0456. The van der Waals surface area contributed by atoms with Crippen LogP contribution in [0.3, 0.4) is 0 Å². The molecule has 28 heavy (non-hydrogen) atoms. The van der Waals surface area contributed by atoms with E-state index in [1.54, 1.807) is 0 Å². The summed E-state index contributed by atoms with van der Waals surface area (Å²) in [4.78, 5) is 5.02. The molecule has 0 aliphatic rings. The Balaban J connectivity index is 2.47. The molecule has 1 aromatic heterocycles. The maximum atomic E-state index is 5.02. The summed E-state index contributed by atoms with van der Waals surface area (Å²) in [6, 6.07) is 17.8. The molecule has 3 aromatic rings. The van der Waals surface area contributed by atoms with Crippen LogP contribution in [0.25, 0.3) is 22.3 Å². The number of aromatic nitrogens is 1. The van der Waals surface area contributed by atoms with E-state index in [0.29, 0.717) is 0 Å². The van der Waals surface area contributed by atoms with Crippen molar-refractivity contribution in [2.24, 2.45) is 0 Å². The van der Waals surface area contributed by atoms with Gasteiger partial charge in [-0.15, -0.1) is 0 Å². The van der Waals surface area contributed by atoms with E-state index in [9.17, 15) is 0 Å². The lowest BCUT2D eigenvalue weighted by Gasteiger charge is -2.30. The molecule has 3 rings (SSSR count). The Morgan fingerprint density at radius 3 is 1.39 bits per heavy atom. The van der Waals surface area contributed by atoms with Gasteiger partial charge in [0.2, 0.25) is 0 Å². The summed E-state index contributed by atoms with van der Waals surface area (Å²) in [6.07, 6.45) is 2.10. The first-order valence-corrected chi connectivity index (χ1v) is 10.2. The predicted molar refractivity (Wildman–Crippen MR) is 122 cm³/mol. The molecule has 0 N–H and O–H groups in total. The minimum Gasteiger partial charge on any atom is -0.260 e. The second-order valence-electron chi connectivity index (χ2n) is 10.0. The van der Waals surface area contributed by atoms with E-state index in [1.807, 2.05) is 0 Å². The Morgan fingerprint density at radius 2 is 1.00 bits per heavy atom. The smallest absolute Gasteiger partial charge is 0.0541 e. The molecular weight excluding hydrogens is 338 g/mol. The van der Waals surface area contributed by atoms with Crippen LogP contribution in [0.4, 0.5) is 0 Å². The van der Waals surface area contributed by atoms with E-state index in [0.717, 1.165) is 5.69 Å². The van der Waals surface area contributed by atoms with Crippen molar-refractivity contribution in [2.45, 2.75) is 66.2 Å². The maximum Gasteiger partial charge on any atom is 0.0541 e. The number of nitrogens with zero attached hydrogens (tertiary/aromatic N) is 1. The van der Waals surface area contributed by atoms with Crippen molar-refractivity contribution < 1.29 is 0 Å². The van der Waals surface area contributed by atoms with Gasteiger partial charge in [-0.3, -0.25) is 4.98 Å². The fraction of sp³-hybridized carbons (Fsp3) is 0.370. The highest BCUT2D eigenvalue weighted by atomic mass is 14.7. The van der Waals surface area contributed by atoms with Crippen molar-refractivity contribution in [3.8, 4) is 22.3 Å². The molecule has 0 amide bonds. The standard InChI is InChI=1S/C27H33N/c1-18-9-13-20(14-10-18)23-22(26(3,4)5)17-28-25(27(6,7)8)24(23)21-15-11-19(2)12-16-21/h9-17H,1-8H3.